The van der Waals surface area contributed by atoms with Gasteiger partial charge in [0.25, 0.3) is 0 Å². The van der Waals surface area contributed by atoms with Crippen LogP contribution in [-0.2, 0) is 14.3 Å². The van der Waals surface area contributed by atoms with Crippen molar-refractivity contribution >= 4 is 12.1 Å². The molecular weight excluding hydrogens is 587 g/mol. The molecule has 1 aliphatic carbocycles. The molecule has 0 heterocycles. The number of carbonyl (C=O) groups is 2. The molecule has 1 unspecified atom stereocenters. The first-order valence-corrected chi connectivity index (χ1v) is 10.6. The van der Waals surface area contributed by atoms with Crippen molar-refractivity contribution in [3.05, 3.63) is 5.73 Å². The molecule has 3 N–H and O–H groups in total. The summed E-state index contributed by atoms with van der Waals surface area (Å²) in [5, 5.41) is 13.7. The predicted octanol–water partition coefficient (Wildman–Crippen LogP) is 4.08. The number of hydrogen-bond acceptors (Lipinski definition) is 5. The predicted molar refractivity (Wildman–Crippen MR) is 109 cm³/mol. The summed E-state index contributed by atoms with van der Waals surface area (Å²) < 4.78 is 10.5. The van der Waals surface area contributed by atoms with Gasteiger partial charge in [0, 0.05) is 50.1 Å². The quantitative estimate of drug-likeness (QED) is 0.375. The molecule has 1 fully saturated rings. The van der Waals surface area contributed by atoms with Crippen molar-refractivity contribution < 1.29 is 68.2 Å². The molecule has 1 radical (unpaired) electrons. The van der Waals surface area contributed by atoms with Crippen molar-refractivity contribution in [3.8, 4) is 0 Å². The number of carbonyl (C=O) groups excluding carboxylic acids is 2. The number of rotatable bonds is 9. The molecule has 5 atom stereocenters. The zero-order chi connectivity index (χ0) is 21.5. The molecule has 0 aromatic rings. The van der Waals surface area contributed by atoms with Crippen LogP contribution in [0, 0.1) is 61.8 Å². The Morgan fingerprint density at radius 3 is 2.17 bits per heavy atom. The van der Waals surface area contributed by atoms with Gasteiger partial charge in [0.2, 0.25) is 0 Å². The van der Waals surface area contributed by atoms with E-state index in [1.54, 1.807) is 27.7 Å². The number of amides is 1. The molecule has 1 saturated carbocycles. The second-order valence-electron chi connectivity index (χ2n) is 8.78. The van der Waals surface area contributed by atoms with E-state index in [2.05, 4.69) is 19.2 Å². The minimum atomic E-state index is -1.02. The van der Waals surface area contributed by atoms with Gasteiger partial charge >= 0.3 is 12.1 Å². The van der Waals surface area contributed by atoms with Crippen LogP contribution in [-0.4, -0.2) is 47.6 Å². The van der Waals surface area contributed by atoms with Crippen molar-refractivity contribution in [2.45, 2.75) is 97.4 Å². The molecule has 1 amide bonds. The summed E-state index contributed by atoms with van der Waals surface area (Å²) in [5.74, 6) is -1.63. The summed E-state index contributed by atoms with van der Waals surface area (Å²) in [7, 11) is 0. The van der Waals surface area contributed by atoms with Crippen molar-refractivity contribution in [1.29, 1.82) is 0 Å². The average Bonchev–Trinajstić information content (AvgIpc) is 2.88. The Balaban J connectivity index is 0.00000784. The first-order chi connectivity index (χ1) is 13.1. The van der Waals surface area contributed by atoms with Crippen LogP contribution in [0.3, 0.4) is 0 Å². The second-order valence-corrected chi connectivity index (χ2v) is 8.78. The number of alkyl carbamates (subject to hydrolysis) is 1. The summed E-state index contributed by atoms with van der Waals surface area (Å²) in [6.45, 7) is 11.5. The van der Waals surface area contributed by atoms with Crippen LogP contribution >= 0.6 is 0 Å². The Morgan fingerprint density at radius 1 is 1.17 bits per heavy atom. The largest absolute Gasteiger partial charge is 0.674 e. The van der Waals surface area contributed by atoms with E-state index >= 15 is 0 Å². The molecule has 0 aromatic carbocycles. The molecule has 1 aliphatic rings. The van der Waals surface area contributed by atoms with Crippen LogP contribution in [0.15, 0.2) is 0 Å². The number of ether oxygens (including phenoxy) is 2. The van der Waals surface area contributed by atoms with Gasteiger partial charge in [0.1, 0.15) is 5.60 Å². The minimum Gasteiger partial charge on any atom is -0.674 e. The molecule has 0 spiro atoms. The van der Waals surface area contributed by atoms with E-state index in [-0.39, 0.29) is 63.0 Å². The summed E-state index contributed by atoms with van der Waals surface area (Å²) in [4.78, 5) is 24.6. The SMILES string of the molecule is CCCC(CCC)C([NH-])[C@@H]1[C@H](O)[C@@H](C(=O)OCC)C[C@H]1NC(=O)OC(C)(C)C.[Ac]. The minimum absolute atomic E-state index is 0. The average molecular weight is 627 g/mol. The Bertz CT molecular complexity index is 506. The number of nitrogens with one attached hydrogen (secondary N) is 2. The van der Waals surface area contributed by atoms with Crippen molar-refractivity contribution in [3.63, 3.8) is 0 Å². The van der Waals surface area contributed by atoms with E-state index in [1.165, 1.54) is 0 Å². The Labute approximate surface area is 211 Å². The standard InChI is InChI=1S/C21H39N2O5.Ac/c1-7-10-13(11-8-2)17(22)16-15(23-20(26)28-21(4,5)6)12-14(18(16)24)19(25)27-9-3;/h13-18,22,24H,7-12H2,1-6H3,(H,23,26);/q-1;/t14-,15+,16+,17?,18+;/m0./s1. The van der Waals surface area contributed by atoms with Crippen molar-refractivity contribution in [1.82, 2.24) is 5.32 Å². The van der Waals surface area contributed by atoms with Gasteiger partial charge in [-0.15, -0.1) is 6.04 Å². The van der Waals surface area contributed by atoms with Crippen LogP contribution in [0.5, 0.6) is 0 Å². The smallest absolute Gasteiger partial charge is 0.407 e. The molecule has 167 valence electrons. The molecule has 0 saturated heterocycles. The summed E-state index contributed by atoms with van der Waals surface area (Å²) in [6, 6.07) is -1.08. The molecular formula is C21H39AcN2O5-. The van der Waals surface area contributed by atoms with E-state index in [0.29, 0.717) is 0 Å². The Morgan fingerprint density at radius 2 is 1.72 bits per heavy atom. The monoisotopic (exact) mass is 626 g/mol. The van der Waals surface area contributed by atoms with Crippen LogP contribution in [0.25, 0.3) is 5.73 Å². The van der Waals surface area contributed by atoms with Gasteiger partial charge in [-0.25, -0.2) is 4.79 Å². The number of esters is 1. The van der Waals surface area contributed by atoms with Gasteiger partial charge in [-0.2, -0.15) is 0 Å². The molecule has 1 rings (SSSR count). The first kappa shape index (κ1) is 29.1. The zero-order valence-corrected chi connectivity index (χ0v) is 23.6. The van der Waals surface area contributed by atoms with Gasteiger partial charge in [0.05, 0.1) is 18.6 Å². The fourth-order valence-electron chi connectivity index (χ4n) is 4.20. The van der Waals surface area contributed by atoms with Crippen LogP contribution in [0.2, 0.25) is 0 Å². The molecule has 0 bridgehead atoms. The summed E-state index contributed by atoms with van der Waals surface area (Å²) in [5.41, 5.74) is 8.20. The number of aliphatic hydroxyl groups is 1. The van der Waals surface area contributed by atoms with Crippen LogP contribution in [0.1, 0.15) is 73.6 Å². The van der Waals surface area contributed by atoms with Crippen LogP contribution in [0.4, 0.5) is 4.79 Å². The maximum Gasteiger partial charge on any atom is 0.407 e. The first-order valence-electron chi connectivity index (χ1n) is 10.6. The van der Waals surface area contributed by atoms with E-state index in [0.717, 1.165) is 25.7 Å². The summed E-state index contributed by atoms with van der Waals surface area (Å²) in [6.07, 6.45) is 2.32. The van der Waals surface area contributed by atoms with E-state index in [4.69, 9.17) is 15.2 Å². The molecule has 29 heavy (non-hydrogen) atoms. The zero-order valence-electron chi connectivity index (χ0n) is 18.9. The van der Waals surface area contributed by atoms with Gasteiger partial charge in [-0.1, -0.05) is 45.4 Å². The fourth-order valence-corrected chi connectivity index (χ4v) is 4.20. The number of aliphatic hydroxyl groups excluding tert-OH is 1. The molecule has 0 aromatic heterocycles. The van der Waals surface area contributed by atoms with Gasteiger partial charge in [-0.05, 0) is 40.0 Å². The van der Waals surface area contributed by atoms with Gasteiger partial charge in [0.15, 0.2) is 0 Å². The topological polar surface area (TPSA) is 109 Å². The Kier molecular flexibility index (Phi) is 13.5. The van der Waals surface area contributed by atoms with Crippen LogP contribution < -0.4 is 5.32 Å². The molecule has 8 heteroatoms. The maximum absolute atomic E-state index is 12.3. The van der Waals surface area contributed by atoms with E-state index in [1.807, 2.05) is 0 Å². The van der Waals surface area contributed by atoms with Crippen molar-refractivity contribution in [2.75, 3.05) is 6.61 Å². The normalized spacial score (nSPS) is 25.3. The maximum atomic E-state index is 12.3. The van der Waals surface area contributed by atoms with Gasteiger partial charge in [-0.3, -0.25) is 4.79 Å². The summed E-state index contributed by atoms with van der Waals surface area (Å²) >= 11 is 0. The second kappa shape index (κ2) is 13.5. The molecule has 0 aliphatic heterocycles. The van der Waals surface area contributed by atoms with Crippen molar-refractivity contribution in [2.24, 2.45) is 17.8 Å². The van der Waals surface area contributed by atoms with E-state index in [9.17, 15) is 14.7 Å². The van der Waals surface area contributed by atoms with E-state index < -0.39 is 47.7 Å². The third-order valence-electron chi connectivity index (χ3n) is 5.31. The molecule has 7 nitrogen and oxygen atoms in total. The fraction of sp³-hybridized carbons (Fsp3) is 0.905. The third kappa shape index (κ3) is 9.01. The third-order valence-corrected chi connectivity index (χ3v) is 5.31. The van der Waals surface area contributed by atoms with Gasteiger partial charge < -0.3 is 25.6 Å². The Hall–Kier alpha value is 0.102. The number of hydrogen-bond donors (Lipinski definition) is 2.